The van der Waals surface area contributed by atoms with Crippen LogP contribution in [0.15, 0.2) is 18.2 Å². The molecule has 0 unspecified atom stereocenters. The van der Waals surface area contributed by atoms with E-state index in [2.05, 4.69) is 82.1 Å². The lowest BCUT2D eigenvalue weighted by Crippen LogP contribution is -2.18. The Kier molecular flexibility index (Phi) is 4.65. The molecule has 0 bridgehead atoms. The molecule has 18 heavy (non-hydrogen) atoms. The number of allylic oxidation sites excluding steroid dienone is 1. The topological polar surface area (TPSA) is 9.72 Å². The van der Waals surface area contributed by atoms with Gasteiger partial charge in [0.2, 0.25) is 0 Å². The normalized spacial score (nSPS) is 10.8. The Morgan fingerprint density at radius 1 is 0.833 bits per heavy atom. The molecule has 0 aromatic heterocycles. The Labute approximate surface area is 111 Å². The molecule has 1 aromatic carbocycles. The van der Waals surface area contributed by atoms with Gasteiger partial charge in [0, 0.05) is 64.9 Å². The molecule has 0 heterocycles. The summed E-state index contributed by atoms with van der Waals surface area (Å²) in [5.41, 5.74) is 4.80. The monoisotopic (exact) mass is 246 g/mol. The van der Waals surface area contributed by atoms with E-state index in [9.17, 15) is 0 Å². The Balaban J connectivity index is 3.54. The van der Waals surface area contributed by atoms with Gasteiger partial charge in [-0.05, 0) is 19.1 Å². The molecule has 0 fully saturated rings. The second-order valence-corrected chi connectivity index (χ2v) is 4.98. The summed E-state index contributed by atoms with van der Waals surface area (Å²) in [5, 5.41) is 0. The molecule has 0 atom stereocenters. The van der Waals surface area contributed by atoms with E-state index in [1.807, 2.05) is 6.08 Å². The fourth-order valence-electron chi connectivity index (χ4n) is 1.90. The molecule has 1 rings (SSSR count). The standard InChI is InChI=1S/C15H24N3/c1-8-9-13-14(17(4)5)10-12(16(2)3)11-15(13)18(6)7/h8-11H,1H2,2-7H3. The lowest BCUT2D eigenvalue weighted by molar-refractivity contribution is 1.07. The van der Waals surface area contributed by atoms with E-state index in [0.29, 0.717) is 0 Å². The quantitative estimate of drug-likeness (QED) is 0.809. The first-order valence-electron chi connectivity index (χ1n) is 6.04. The first-order valence-corrected chi connectivity index (χ1v) is 6.04. The zero-order valence-corrected chi connectivity index (χ0v) is 12.4. The van der Waals surface area contributed by atoms with Crippen LogP contribution in [0.5, 0.6) is 0 Å². The molecule has 1 aromatic rings. The summed E-state index contributed by atoms with van der Waals surface area (Å²) in [4.78, 5) is 6.39. The van der Waals surface area contributed by atoms with Gasteiger partial charge >= 0.3 is 0 Å². The molecule has 0 amide bonds. The smallest absolute Gasteiger partial charge is 0.0476 e. The fraction of sp³-hybridized carbons (Fsp3) is 0.400. The zero-order valence-electron chi connectivity index (χ0n) is 12.4. The van der Waals surface area contributed by atoms with Crippen molar-refractivity contribution in [2.75, 3.05) is 57.0 Å². The van der Waals surface area contributed by atoms with Crippen LogP contribution in [0.4, 0.5) is 17.1 Å². The average Bonchev–Trinajstić information content (AvgIpc) is 2.28. The van der Waals surface area contributed by atoms with Gasteiger partial charge in [-0.15, -0.1) is 0 Å². The Morgan fingerprint density at radius 2 is 1.28 bits per heavy atom. The second kappa shape index (κ2) is 5.80. The van der Waals surface area contributed by atoms with Crippen molar-refractivity contribution >= 4 is 23.1 Å². The first kappa shape index (κ1) is 14.4. The maximum Gasteiger partial charge on any atom is 0.0476 e. The van der Waals surface area contributed by atoms with Crippen LogP contribution in [0, 0.1) is 6.92 Å². The van der Waals surface area contributed by atoms with Crippen LogP contribution in [0.2, 0.25) is 0 Å². The van der Waals surface area contributed by atoms with E-state index in [1.165, 1.54) is 22.6 Å². The molecule has 3 nitrogen and oxygen atoms in total. The average molecular weight is 246 g/mol. The second-order valence-electron chi connectivity index (χ2n) is 4.98. The predicted molar refractivity (Wildman–Crippen MR) is 83.8 cm³/mol. The van der Waals surface area contributed by atoms with Gasteiger partial charge in [-0.2, -0.15) is 0 Å². The number of nitrogens with zero attached hydrogens (tertiary/aromatic N) is 3. The molecule has 0 saturated carbocycles. The summed E-state index contributed by atoms with van der Waals surface area (Å²) < 4.78 is 0. The molecule has 0 saturated heterocycles. The van der Waals surface area contributed by atoms with Crippen molar-refractivity contribution in [3.63, 3.8) is 0 Å². The summed E-state index contributed by atoms with van der Waals surface area (Å²) in [5.74, 6) is 0. The molecule has 3 heteroatoms. The molecular formula is C15H24N3. The van der Waals surface area contributed by atoms with E-state index >= 15 is 0 Å². The third-order valence-corrected chi connectivity index (χ3v) is 2.89. The van der Waals surface area contributed by atoms with Gasteiger partial charge in [-0.25, -0.2) is 0 Å². The van der Waals surface area contributed by atoms with E-state index < -0.39 is 0 Å². The SMILES string of the molecule is [CH2]C=Cc1c(N(C)C)cc(N(C)C)cc1N(C)C. The predicted octanol–water partition coefficient (Wildman–Crippen LogP) is 2.73. The van der Waals surface area contributed by atoms with Crippen molar-refractivity contribution in [2.45, 2.75) is 0 Å². The highest BCUT2D eigenvalue weighted by Crippen LogP contribution is 2.34. The number of rotatable bonds is 4. The molecule has 1 radical (unpaired) electrons. The van der Waals surface area contributed by atoms with Crippen molar-refractivity contribution in [2.24, 2.45) is 0 Å². The van der Waals surface area contributed by atoms with Crippen LogP contribution in [0.25, 0.3) is 6.08 Å². The van der Waals surface area contributed by atoms with Crippen LogP contribution >= 0.6 is 0 Å². The summed E-state index contributed by atoms with van der Waals surface area (Å²) in [7, 11) is 12.4. The summed E-state index contributed by atoms with van der Waals surface area (Å²) in [6.07, 6.45) is 3.90. The molecule has 0 aliphatic heterocycles. The highest BCUT2D eigenvalue weighted by Gasteiger charge is 2.12. The van der Waals surface area contributed by atoms with Gasteiger partial charge in [0.15, 0.2) is 0 Å². The zero-order chi connectivity index (χ0) is 13.9. The highest BCUT2D eigenvalue weighted by molar-refractivity contribution is 5.83. The maximum atomic E-state index is 3.81. The van der Waals surface area contributed by atoms with Crippen molar-refractivity contribution in [3.8, 4) is 0 Å². The maximum absolute atomic E-state index is 3.81. The van der Waals surface area contributed by atoms with Gasteiger partial charge in [0.05, 0.1) is 0 Å². The minimum absolute atomic E-state index is 1.20. The van der Waals surface area contributed by atoms with Gasteiger partial charge < -0.3 is 14.7 Å². The Morgan fingerprint density at radius 3 is 1.56 bits per heavy atom. The van der Waals surface area contributed by atoms with Crippen LogP contribution in [0.1, 0.15) is 5.56 Å². The van der Waals surface area contributed by atoms with E-state index in [-0.39, 0.29) is 0 Å². The lowest BCUT2D eigenvalue weighted by atomic mass is 10.1. The molecule has 0 spiro atoms. The molecular weight excluding hydrogens is 222 g/mol. The van der Waals surface area contributed by atoms with Crippen molar-refractivity contribution in [1.29, 1.82) is 0 Å². The molecule has 0 aliphatic rings. The Bertz CT molecular complexity index is 402. The van der Waals surface area contributed by atoms with Crippen molar-refractivity contribution in [3.05, 3.63) is 30.7 Å². The minimum atomic E-state index is 1.20. The third-order valence-electron chi connectivity index (χ3n) is 2.89. The number of hydrogen-bond acceptors (Lipinski definition) is 3. The molecule has 99 valence electrons. The van der Waals surface area contributed by atoms with E-state index in [1.54, 1.807) is 0 Å². The number of hydrogen-bond donors (Lipinski definition) is 0. The summed E-state index contributed by atoms with van der Waals surface area (Å²) in [6.45, 7) is 3.81. The van der Waals surface area contributed by atoms with Gasteiger partial charge in [-0.3, -0.25) is 0 Å². The summed E-state index contributed by atoms with van der Waals surface area (Å²) >= 11 is 0. The minimum Gasteiger partial charge on any atom is -0.378 e. The third kappa shape index (κ3) is 2.97. The first-order chi connectivity index (χ1) is 8.38. The fourth-order valence-corrected chi connectivity index (χ4v) is 1.90. The number of anilines is 3. The van der Waals surface area contributed by atoms with Crippen LogP contribution in [0.3, 0.4) is 0 Å². The number of benzene rings is 1. The van der Waals surface area contributed by atoms with Gasteiger partial charge in [0.25, 0.3) is 0 Å². The molecule has 0 aliphatic carbocycles. The van der Waals surface area contributed by atoms with E-state index in [0.717, 1.165) is 0 Å². The lowest BCUT2D eigenvalue weighted by Gasteiger charge is -2.26. The molecule has 0 N–H and O–H groups in total. The van der Waals surface area contributed by atoms with Gasteiger partial charge in [0.1, 0.15) is 0 Å². The van der Waals surface area contributed by atoms with E-state index in [4.69, 9.17) is 0 Å². The Hall–Kier alpha value is -1.64. The summed E-state index contributed by atoms with van der Waals surface area (Å²) in [6, 6.07) is 4.39. The largest absolute Gasteiger partial charge is 0.378 e. The van der Waals surface area contributed by atoms with Crippen molar-refractivity contribution in [1.82, 2.24) is 0 Å². The van der Waals surface area contributed by atoms with Crippen LogP contribution in [-0.2, 0) is 0 Å². The highest BCUT2D eigenvalue weighted by atomic mass is 15.1. The van der Waals surface area contributed by atoms with Gasteiger partial charge in [-0.1, -0.05) is 12.2 Å². The van der Waals surface area contributed by atoms with Crippen molar-refractivity contribution < 1.29 is 0 Å². The van der Waals surface area contributed by atoms with Crippen LogP contribution in [-0.4, -0.2) is 42.3 Å². The van der Waals surface area contributed by atoms with Crippen LogP contribution < -0.4 is 14.7 Å².